The van der Waals surface area contributed by atoms with Crippen LogP contribution in [0, 0.1) is 13.8 Å². The SMILES string of the molecule is Cc1c(N)cc2c(c1C)-c1ccc(N)cc1S2(=O)=O. The van der Waals surface area contributed by atoms with Gasteiger partial charge in [0.05, 0.1) is 9.79 Å². The Morgan fingerprint density at radius 2 is 1.63 bits per heavy atom. The maximum atomic E-state index is 12.5. The first kappa shape index (κ1) is 12.0. The van der Waals surface area contributed by atoms with E-state index >= 15 is 0 Å². The first-order valence-electron chi connectivity index (χ1n) is 5.88. The standard InChI is InChI=1S/C14H14N2O2S/c1-7-8(2)14-10-4-3-9(15)5-12(10)19(17,18)13(14)6-11(7)16/h3-6H,15-16H2,1-2H3. The zero-order chi connectivity index (χ0) is 13.9. The molecule has 0 aliphatic carbocycles. The molecule has 0 spiro atoms. The number of sulfone groups is 1. The summed E-state index contributed by atoms with van der Waals surface area (Å²) in [4.78, 5) is 0.560. The van der Waals surface area contributed by atoms with Gasteiger partial charge in [-0.15, -0.1) is 0 Å². The third-order valence-corrected chi connectivity index (χ3v) is 5.58. The van der Waals surface area contributed by atoms with Crippen LogP contribution in [-0.2, 0) is 9.84 Å². The highest BCUT2D eigenvalue weighted by Crippen LogP contribution is 2.47. The molecule has 0 saturated heterocycles. The molecule has 0 bridgehead atoms. The van der Waals surface area contributed by atoms with E-state index in [2.05, 4.69) is 0 Å². The average Bonchev–Trinajstić information content (AvgIpc) is 2.56. The van der Waals surface area contributed by atoms with Gasteiger partial charge in [-0.25, -0.2) is 8.42 Å². The predicted octanol–water partition coefficient (Wildman–Crippen LogP) is 2.28. The maximum Gasteiger partial charge on any atom is 0.207 e. The molecule has 3 rings (SSSR count). The largest absolute Gasteiger partial charge is 0.399 e. The molecule has 2 aromatic rings. The first-order valence-corrected chi connectivity index (χ1v) is 7.37. The molecule has 0 unspecified atom stereocenters. The van der Waals surface area contributed by atoms with Gasteiger partial charge >= 0.3 is 0 Å². The van der Waals surface area contributed by atoms with E-state index in [1.165, 1.54) is 6.07 Å². The van der Waals surface area contributed by atoms with E-state index in [1.807, 2.05) is 13.8 Å². The third kappa shape index (κ3) is 1.42. The van der Waals surface area contributed by atoms with Crippen molar-refractivity contribution in [1.82, 2.24) is 0 Å². The molecule has 1 aliphatic rings. The number of hydrogen-bond donors (Lipinski definition) is 2. The van der Waals surface area contributed by atoms with E-state index in [4.69, 9.17) is 11.5 Å². The van der Waals surface area contributed by atoms with Gasteiger partial charge in [0.1, 0.15) is 0 Å². The molecular weight excluding hydrogens is 260 g/mol. The average molecular weight is 274 g/mol. The minimum atomic E-state index is -3.51. The van der Waals surface area contributed by atoms with Crippen LogP contribution in [-0.4, -0.2) is 8.42 Å². The van der Waals surface area contributed by atoms with Crippen LogP contribution >= 0.6 is 0 Å². The Balaban J connectivity index is 2.53. The van der Waals surface area contributed by atoms with Crippen molar-refractivity contribution in [3.63, 3.8) is 0 Å². The highest BCUT2D eigenvalue weighted by Gasteiger charge is 2.35. The number of benzene rings is 2. The molecule has 0 saturated carbocycles. The maximum absolute atomic E-state index is 12.5. The van der Waals surface area contributed by atoms with Crippen LogP contribution in [0.2, 0.25) is 0 Å². The second-order valence-corrected chi connectivity index (χ2v) is 6.73. The summed E-state index contributed by atoms with van der Waals surface area (Å²) >= 11 is 0. The lowest BCUT2D eigenvalue weighted by Gasteiger charge is -2.10. The molecule has 19 heavy (non-hydrogen) atoms. The Labute approximate surface area is 112 Å². The monoisotopic (exact) mass is 274 g/mol. The molecule has 0 radical (unpaired) electrons. The van der Waals surface area contributed by atoms with Gasteiger partial charge in [0.15, 0.2) is 0 Å². The van der Waals surface area contributed by atoms with Crippen LogP contribution in [0.15, 0.2) is 34.1 Å². The summed E-state index contributed by atoms with van der Waals surface area (Å²) in [5.41, 5.74) is 15.8. The number of hydrogen-bond acceptors (Lipinski definition) is 4. The molecule has 5 heteroatoms. The second kappa shape index (κ2) is 3.51. The number of nitrogens with two attached hydrogens (primary N) is 2. The highest BCUT2D eigenvalue weighted by molar-refractivity contribution is 7.92. The van der Waals surface area contributed by atoms with Crippen LogP contribution in [0.4, 0.5) is 11.4 Å². The zero-order valence-electron chi connectivity index (χ0n) is 10.7. The first-order chi connectivity index (χ1) is 8.84. The second-order valence-electron chi connectivity index (χ2n) is 4.85. The van der Waals surface area contributed by atoms with Gasteiger partial charge in [0, 0.05) is 22.5 Å². The molecule has 0 aromatic heterocycles. The molecule has 4 nitrogen and oxygen atoms in total. The van der Waals surface area contributed by atoms with Crippen molar-refractivity contribution in [2.24, 2.45) is 0 Å². The quantitative estimate of drug-likeness (QED) is 0.616. The fraction of sp³-hybridized carbons (Fsp3) is 0.143. The van der Waals surface area contributed by atoms with Crippen molar-refractivity contribution in [1.29, 1.82) is 0 Å². The number of fused-ring (bicyclic) bond motifs is 3. The van der Waals surface area contributed by atoms with Crippen molar-refractivity contribution in [2.45, 2.75) is 23.6 Å². The van der Waals surface area contributed by atoms with Crippen molar-refractivity contribution >= 4 is 21.2 Å². The van der Waals surface area contributed by atoms with E-state index in [1.54, 1.807) is 18.2 Å². The highest BCUT2D eigenvalue weighted by atomic mass is 32.2. The normalized spacial score (nSPS) is 15.1. The van der Waals surface area contributed by atoms with E-state index in [9.17, 15) is 8.42 Å². The van der Waals surface area contributed by atoms with Crippen LogP contribution in [0.5, 0.6) is 0 Å². The Hall–Kier alpha value is -2.01. The number of nitrogen functional groups attached to an aromatic ring is 2. The molecule has 0 fully saturated rings. The van der Waals surface area contributed by atoms with Crippen molar-refractivity contribution < 1.29 is 8.42 Å². The molecule has 0 amide bonds. The van der Waals surface area contributed by atoms with Crippen molar-refractivity contribution in [3.05, 3.63) is 35.4 Å². The summed E-state index contributed by atoms with van der Waals surface area (Å²) in [5.74, 6) is 0. The van der Waals surface area contributed by atoms with E-state index in [-0.39, 0.29) is 9.79 Å². The summed E-state index contributed by atoms with van der Waals surface area (Å²) < 4.78 is 25.1. The van der Waals surface area contributed by atoms with Crippen molar-refractivity contribution in [2.75, 3.05) is 11.5 Å². The molecular formula is C14H14N2O2S. The van der Waals surface area contributed by atoms with Gasteiger partial charge in [0.25, 0.3) is 0 Å². The lowest BCUT2D eigenvalue weighted by Crippen LogP contribution is -2.01. The molecule has 4 N–H and O–H groups in total. The van der Waals surface area contributed by atoms with Crippen LogP contribution < -0.4 is 11.5 Å². The van der Waals surface area contributed by atoms with E-state index < -0.39 is 9.84 Å². The molecule has 1 heterocycles. The number of anilines is 2. The van der Waals surface area contributed by atoms with Crippen LogP contribution in [0.1, 0.15) is 11.1 Å². The number of rotatable bonds is 0. The van der Waals surface area contributed by atoms with Gasteiger partial charge < -0.3 is 11.5 Å². The summed E-state index contributed by atoms with van der Waals surface area (Å²) in [7, 11) is -3.51. The molecule has 98 valence electrons. The lowest BCUT2D eigenvalue weighted by molar-refractivity contribution is 0.598. The fourth-order valence-corrected chi connectivity index (χ4v) is 4.35. The van der Waals surface area contributed by atoms with Gasteiger partial charge in [-0.2, -0.15) is 0 Å². The Morgan fingerprint density at radius 1 is 0.947 bits per heavy atom. The summed E-state index contributed by atoms with van der Waals surface area (Å²) in [6, 6.07) is 6.53. The summed E-state index contributed by atoms with van der Waals surface area (Å²) in [5, 5.41) is 0. The molecule has 1 aliphatic heterocycles. The fourth-order valence-electron chi connectivity index (χ4n) is 2.54. The predicted molar refractivity (Wildman–Crippen MR) is 75.6 cm³/mol. The smallest absolute Gasteiger partial charge is 0.207 e. The summed E-state index contributed by atoms with van der Waals surface area (Å²) in [6.45, 7) is 3.79. The van der Waals surface area contributed by atoms with Crippen LogP contribution in [0.25, 0.3) is 11.1 Å². The van der Waals surface area contributed by atoms with Gasteiger partial charge in [-0.1, -0.05) is 6.07 Å². The van der Waals surface area contributed by atoms with Crippen molar-refractivity contribution in [3.8, 4) is 11.1 Å². The molecule has 2 aromatic carbocycles. The minimum absolute atomic E-state index is 0.274. The molecule has 0 atom stereocenters. The minimum Gasteiger partial charge on any atom is -0.399 e. The summed E-state index contributed by atoms with van der Waals surface area (Å²) in [6.07, 6.45) is 0. The zero-order valence-corrected chi connectivity index (χ0v) is 11.5. The Kier molecular flexibility index (Phi) is 2.23. The van der Waals surface area contributed by atoms with E-state index in [0.29, 0.717) is 16.9 Å². The van der Waals surface area contributed by atoms with E-state index in [0.717, 1.165) is 16.7 Å². The van der Waals surface area contributed by atoms with Crippen LogP contribution in [0.3, 0.4) is 0 Å². The Morgan fingerprint density at radius 3 is 2.32 bits per heavy atom. The lowest BCUT2D eigenvalue weighted by atomic mass is 9.96. The van der Waals surface area contributed by atoms with Gasteiger partial charge in [-0.05, 0) is 43.2 Å². The Bertz CT molecular complexity index is 824. The van der Waals surface area contributed by atoms with Gasteiger partial charge in [-0.3, -0.25) is 0 Å². The topological polar surface area (TPSA) is 86.2 Å². The third-order valence-electron chi connectivity index (χ3n) is 3.76. The van der Waals surface area contributed by atoms with Gasteiger partial charge in [0.2, 0.25) is 9.84 Å².